The number of likely N-dealkylation sites (tertiary alicyclic amines) is 1. The molecule has 8 heteroatoms. The van der Waals surface area contributed by atoms with Gasteiger partial charge < -0.3 is 20.8 Å². The second-order valence-corrected chi connectivity index (χ2v) is 8.60. The lowest BCUT2D eigenvalue weighted by atomic mass is 9.91. The van der Waals surface area contributed by atoms with E-state index in [1.165, 1.54) is 4.90 Å². The molecule has 0 aromatic heterocycles. The predicted molar refractivity (Wildman–Crippen MR) is 123 cm³/mol. The first-order valence-corrected chi connectivity index (χ1v) is 11.2. The lowest BCUT2D eigenvalue weighted by molar-refractivity contribution is -0.134. The van der Waals surface area contributed by atoms with Gasteiger partial charge in [0, 0.05) is 36.1 Å². The van der Waals surface area contributed by atoms with E-state index in [0.29, 0.717) is 36.2 Å². The Morgan fingerprint density at radius 2 is 2.12 bits per heavy atom. The summed E-state index contributed by atoms with van der Waals surface area (Å²) < 4.78 is 0. The molecule has 8 nitrogen and oxygen atoms in total. The van der Waals surface area contributed by atoms with E-state index in [4.69, 9.17) is 10.6 Å². The minimum Gasteiger partial charge on any atom is -0.387 e. The Balaban J connectivity index is 1.70. The molecule has 2 aliphatic rings. The van der Waals surface area contributed by atoms with Gasteiger partial charge in [-0.3, -0.25) is 14.4 Å². The second kappa shape index (κ2) is 9.97. The van der Waals surface area contributed by atoms with E-state index in [1.54, 1.807) is 19.9 Å². The highest BCUT2D eigenvalue weighted by Crippen LogP contribution is 2.39. The van der Waals surface area contributed by atoms with Gasteiger partial charge in [0.05, 0.1) is 12.3 Å². The molecule has 1 saturated heterocycles. The molecular weight excluding hydrogens is 408 g/mol. The monoisotopic (exact) mass is 440 g/mol. The van der Waals surface area contributed by atoms with Crippen molar-refractivity contribution in [2.24, 2.45) is 10.9 Å². The second-order valence-electron chi connectivity index (χ2n) is 8.60. The molecule has 0 radical (unpaired) electrons. The van der Waals surface area contributed by atoms with Crippen LogP contribution in [0.25, 0.3) is 0 Å². The Morgan fingerprint density at radius 3 is 2.81 bits per heavy atom. The van der Waals surface area contributed by atoms with Crippen molar-refractivity contribution in [3.8, 4) is 0 Å². The summed E-state index contributed by atoms with van der Waals surface area (Å²) in [4.78, 5) is 44.2. The summed E-state index contributed by atoms with van der Waals surface area (Å²) in [5, 5.41) is 7.21. The molecule has 0 aliphatic carbocycles. The maximum Gasteiger partial charge on any atom is 0.249 e. The average Bonchev–Trinajstić information content (AvgIpc) is 3.37. The molecular formula is C24H32N4O4. The van der Waals surface area contributed by atoms with Gasteiger partial charge in [0.2, 0.25) is 17.7 Å². The number of allylic oxidation sites excluding steroid dienone is 1. The molecule has 2 atom stereocenters. The van der Waals surface area contributed by atoms with Crippen molar-refractivity contribution in [1.82, 2.24) is 4.90 Å². The standard InChI is InChI=1S/C24H32N4O4/c1-4-6-7-11-21(29)26-18-10-8-9-17(12-18)19-13-24(32-27-19)14-20(22(25)30)28(15-24)23(31)16(3)5-2/h5,8-10,12,20H,4,6-7,11,13-15H2,1-3H3,(H2,25,30)(H,26,29). The molecule has 172 valence electrons. The van der Waals surface area contributed by atoms with E-state index >= 15 is 0 Å². The van der Waals surface area contributed by atoms with Gasteiger partial charge in [0.1, 0.15) is 6.04 Å². The SMILES string of the molecule is CC=C(C)C(=O)N1CC2(CC(c3cccc(NC(=O)CCCCC)c3)=NO2)CC1C(N)=O. The first-order chi connectivity index (χ1) is 15.3. The van der Waals surface area contributed by atoms with Crippen molar-refractivity contribution >= 4 is 29.1 Å². The van der Waals surface area contributed by atoms with Crippen molar-refractivity contribution in [2.45, 2.75) is 70.9 Å². The summed E-state index contributed by atoms with van der Waals surface area (Å²) >= 11 is 0. The smallest absolute Gasteiger partial charge is 0.249 e. The molecule has 3 rings (SSSR count). The van der Waals surface area contributed by atoms with Crippen LogP contribution >= 0.6 is 0 Å². The van der Waals surface area contributed by atoms with Crippen LogP contribution in [0.15, 0.2) is 41.1 Å². The van der Waals surface area contributed by atoms with E-state index in [-0.39, 0.29) is 18.4 Å². The van der Waals surface area contributed by atoms with Crippen LogP contribution in [0.2, 0.25) is 0 Å². The number of amides is 3. The van der Waals surface area contributed by atoms with Crippen LogP contribution < -0.4 is 11.1 Å². The number of oxime groups is 1. The van der Waals surface area contributed by atoms with Gasteiger partial charge in [-0.15, -0.1) is 0 Å². The van der Waals surface area contributed by atoms with Gasteiger partial charge in [0.25, 0.3) is 0 Å². The van der Waals surface area contributed by atoms with Crippen molar-refractivity contribution in [3.63, 3.8) is 0 Å². The minimum atomic E-state index is -0.780. The van der Waals surface area contributed by atoms with Gasteiger partial charge >= 0.3 is 0 Å². The third-order valence-electron chi connectivity index (χ3n) is 6.09. The Labute approximate surface area is 188 Å². The molecule has 1 spiro atoms. The molecule has 3 N–H and O–H groups in total. The molecule has 0 saturated carbocycles. The van der Waals surface area contributed by atoms with Gasteiger partial charge in [0.15, 0.2) is 5.60 Å². The lowest BCUT2D eigenvalue weighted by Gasteiger charge is -2.23. The zero-order chi connectivity index (χ0) is 23.3. The largest absolute Gasteiger partial charge is 0.387 e. The van der Waals surface area contributed by atoms with E-state index in [0.717, 1.165) is 24.8 Å². The van der Waals surface area contributed by atoms with Gasteiger partial charge in [-0.2, -0.15) is 0 Å². The third-order valence-corrected chi connectivity index (χ3v) is 6.09. The number of carbonyl (C=O) groups excluding carboxylic acids is 3. The Bertz CT molecular complexity index is 955. The Morgan fingerprint density at radius 1 is 1.34 bits per heavy atom. The van der Waals surface area contributed by atoms with E-state index in [1.807, 2.05) is 24.3 Å². The number of nitrogens with two attached hydrogens (primary N) is 1. The van der Waals surface area contributed by atoms with Crippen LogP contribution in [-0.2, 0) is 19.2 Å². The van der Waals surface area contributed by atoms with E-state index in [2.05, 4.69) is 17.4 Å². The number of rotatable bonds is 8. The highest BCUT2D eigenvalue weighted by molar-refractivity contribution is 6.03. The highest BCUT2D eigenvalue weighted by atomic mass is 16.7. The number of anilines is 1. The number of primary amides is 1. The summed E-state index contributed by atoms with van der Waals surface area (Å²) in [5.41, 5.74) is 7.61. The first-order valence-electron chi connectivity index (χ1n) is 11.2. The van der Waals surface area contributed by atoms with Gasteiger partial charge in [-0.1, -0.05) is 43.1 Å². The molecule has 2 aliphatic heterocycles. The summed E-state index contributed by atoms with van der Waals surface area (Å²) in [6, 6.07) is 6.73. The summed E-state index contributed by atoms with van der Waals surface area (Å²) in [7, 11) is 0. The maximum absolute atomic E-state index is 12.7. The van der Waals surface area contributed by atoms with Crippen molar-refractivity contribution < 1.29 is 19.2 Å². The Kier molecular flexibility index (Phi) is 7.33. The Hall–Kier alpha value is -3.16. The molecule has 2 heterocycles. The van der Waals surface area contributed by atoms with E-state index in [9.17, 15) is 14.4 Å². The normalized spacial score (nSPS) is 22.6. The number of unbranched alkanes of at least 4 members (excludes halogenated alkanes) is 2. The number of hydrogen-bond donors (Lipinski definition) is 2. The van der Waals surface area contributed by atoms with E-state index < -0.39 is 17.6 Å². The van der Waals surface area contributed by atoms with Crippen LogP contribution in [-0.4, -0.2) is 46.5 Å². The number of carbonyl (C=O) groups is 3. The lowest BCUT2D eigenvalue weighted by Crippen LogP contribution is -2.44. The van der Waals surface area contributed by atoms with Crippen molar-refractivity contribution in [3.05, 3.63) is 41.5 Å². The molecule has 3 amide bonds. The molecule has 0 bridgehead atoms. The van der Waals surface area contributed by atoms with Crippen molar-refractivity contribution in [2.75, 3.05) is 11.9 Å². The average molecular weight is 441 g/mol. The summed E-state index contributed by atoms with van der Waals surface area (Å²) in [5.74, 6) is -0.785. The zero-order valence-corrected chi connectivity index (χ0v) is 19.0. The highest BCUT2D eigenvalue weighted by Gasteiger charge is 2.53. The van der Waals surface area contributed by atoms with Gasteiger partial charge in [-0.05, 0) is 32.4 Å². The zero-order valence-electron chi connectivity index (χ0n) is 19.0. The van der Waals surface area contributed by atoms with Gasteiger partial charge in [-0.25, -0.2) is 0 Å². The fraction of sp³-hybridized carbons (Fsp3) is 0.500. The van der Waals surface area contributed by atoms with Crippen LogP contribution in [0.1, 0.15) is 64.9 Å². The van der Waals surface area contributed by atoms with Crippen LogP contribution in [0, 0.1) is 0 Å². The quantitative estimate of drug-likeness (QED) is 0.477. The predicted octanol–water partition coefficient (Wildman–Crippen LogP) is 3.12. The number of hydrogen-bond acceptors (Lipinski definition) is 5. The molecule has 2 unspecified atom stereocenters. The summed E-state index contributed by atoms with van der Waals surface area (Å²) in [6.45, 7) is 5.84. The molecule has 32 heavy (non-hydrogen) atoms. The fourth-order valence-electron chi connectivity index (χ4n) is 4.17. The van der Waals surface area contributed by atoms with Crippen molar-refractivity contribution in [1.29, 1.82) is 0 Å². The van der Waals surface area contributed by atoms with Crippen LogP contribution in [0.4, 0.5) is 5.69 Å². The number of nitrogens with one attached hydrogen (secondary N) is 1. The third kappa shape index (κ3) is 5.18. The van der Waals surface area contributed by atoms with Crippen LogP contribution in [0.5, 0.6) is 0 Å². The maximum atomic E-state index is 12.7. The summed E-state index contributed by atoms with van der Waals surface area (Å²) in [6.07, 6.45) is 5.92. The first kappa shape index (κ1) is 23.5. The fourth-order valence-corrected chi connectivity index (χ4v) is 4.17. The number of benzene rings is 1. The topological polar surface area (TPSA) is 114 Å². The minimum absolute atomic E-state index is 0.00900. The van der Waals surface area contributed by atoms with Crippen LogP contribution in [0.3, 0.4) is 0 Å². The molecule has 1 fully saturated rings. The molecule has 1 aromatic carbocycles. The molecule has 1 aromatic rings. The number of nitrogens with zero attached hydrogens (tertiary/aromatic N) is 2.